The summed E-state index contributed by atoms with van der Waals surface area (Å²) in [6, 6.07) is 13.3. The lowest BCUT2D eigenvalue weighted by molar-refractivity contribution is -0.153. The van der Waals surface area contributed by atoms with Crippen LogP contribution in [0.25, 0.3) is 5.69 Å². The molecule has 1 fully saturated rings. The molecule has 258 valence electrons. The van der Waals surface area contributed by atoms with Crippen molar-refractivity contribution in [3.8, 4) is 17.2 Å². The molecule has 4 aromatic rings. The number of nitrogens with zero attached hydrogens (tertiary/aromatic N) is 3. The molecule has 6 rings (SSSR count). The van der Waals surface area contributed by atoms with E-state index in [1.165, 1.54) is 51.9 Å². The summed E-state index contributed by atoms with van der Waals surface area (Å²) in [6.07, 6.45) is -4.72. The SMILES string of the molecule is CC(NC(=O)c1c2n(c(=O)n1-c1ccc(OCC(F)(F)F)cc1)CCN(C(=O)c1ccc(Br)c(Cl)c1)C2)c1ccc(OC2COC2)cc1F. The van der Waals surface area contributed by atoms with Crippen LogP contribution in [0.5, 0.6) is 11.5 Å². The Morgan fingerprint density at radius 3 is 2.41 bits per heavy atom. The zero-order chi connectivity index (χ0) is 35.0. The quantitative estimate of drug-likeness (QED) is 0.208. The average molecular weight is 768 g/mol. The van der Waals surface area contributed by atoms with E-state index in [1.807, 2.05) is 0 Å². The number of rotatable bonds is 9. The fourth-order valence-corrected chi connectivity index (χ4v) is 5.95. The van der Waals surface area contributed by atoms with Crippen molar-refractivity contribution in [3.05, 3.63) is 109 Å². The monoisotopic (exact) mass is 766 g/mol. The Bertz CT molecular complexity index is 1960. The molecule has 2 aliphatic rings. The Morgan fingerprint density at radius 1 is 1.06 bits per heavy atom. The molecule has 1 N–H and O–H groups in total. The van der Waals surface area contributed by atoms with Crippen LogP contribution in [0.15, 0.2) is 69.9 Å². The van der Waals surface area contributed by atoms with E-state index in [0.717, 1.165) is 4.57 Å². The molecular formula is C33H28BrClF4N4O6. The lowest BCUT2D eigenvalue weighted by Crippen LogP contribution is -2.41. The number of benzene rings is 3. The first-order valence-electron chi connectivity index (χ1n) is 15.0. The number of carbonyl (C=O) groups is 2. The maximum absolute atomic E-state index is 15.2. The smallest absolute Gasteiger partial charge is 0.422 e. The van der Waals surface area contributed by atoms with Crippen molar-refractivity contribution in [2.75, 3.05) is 26.4 Å². The van der Waals surface area contributed by atoms with Crippen LogP contribution < -0.4 is 20.5 Å². The van der Waals surface area contributed by atoms with E-state index in [0.29, 0.717) is 34.0 Å². The molecule has 2 amide bonds. The third-order valence-corrected chi connectivity index (χ3v) is 9.27. The molecule has 1 aromatic heterocycles. The van der Waals surface area contributed by atoms with Gasteiger partial charge >= 0.3 is 11.9 Å². The lowest BCUT2D eigenvalue weighted by atomic mass is 10.1. The fourth-order valence-electron chi connectivity index (χ4n) is 5.52. The van der Waals surface area contributed by atoms with Crippen LogP contribution in [0.1, 0.15) is 45.1 Å². The Balaban J connectivity index is 1.33. The Morgan fingerprint density at radius 2 is 1.78 bits per heavy atom. The predicted octanol–water partition coefficient (Wildman–Crippen LogP) is 6.06. The van der Waals surface area contributed by atoms with Gasteiger partial charge in [-0.15, -0.1) is 0 Å². The third kappa shape index (κ3) is 7.48. The standard InChI is InChI=1S/C33H28BrClF4N4O6/c1-18(24-8-7-22(13-27(24)36)49-23-15-47-16-23)40-30(44)29-28-14-41(31(45)19-2-9-25(34)26(35)12-19)10-11-42(28)32(46)43(29)20-3-5-21(6-4-20)48-17-33(37,38)39/h2-9,12-13,18,23H,10-11,14-17H2,1H3,(H,40,44). The average Bonchev–Trinajstić information content (AvgIpc) is 3.34. The van der Waals surface area contributed by atoms with Crippen LogP contribution in [-0.2, 0) is 17.8 Å². The van der Waals surface area contributed by atoms with Gasteiger partial charge in [-0.3, -0.25) is 18.7 Å². The van der Waals surface area contributed by atoms with Crippen LogP contribution in [0.4, 0.5) is 17.6 Å². The lowest BCUT2D eigenvalue weighted by Gasteiger charge is -2.28. The number of amides is 2. The molecule has 1 atom stereocenters. The Hall–Kier alpha value is -4.34. The first-order valence-corrected chi connectivity index (χ1v) is 16.2. The van der Waals surface area contributed by atoms with Crippen molar-refractivity contribution >= 4 is 39.3 Å². The number of ether oxygens (including phenoxy) is 3. The molecule has 3 aromatic carbocycles. The number of nitrogens with one attached hydrogen (secondary N) is 1. The minimum Gasteiger partial charge on any atom is -0.485 e. The molecule has 1 unspecified atom stereocenters. The van der Waals surface area contributed by atoms with E-state index in [1.54, 1.807) is 25.1 Å². The van der Waals surface area contributed by atoms with E-state index in [9.17, 15) is 27.6 Å². The topological polar surface area (TPSA) is 104 Å². The van der Waals surface area contributed by atoms with Crippen molar-refractivity contribution in [3.63, 3.8) is 0 Å². The van der Waals surface area contributed by atoms with Gasteiger partial charge in [0.2, 0.25) is 0 Å². The molecule has 3 heterocycles. The zero-order valence-electron chi connectivity index (χ0n) is 25.7. The van der Waals surface area contributed by atoms with E-state index in [-0.39, 0.29) is 60.0 Å². The highest BCUT2D eigenvalue weighted by molar-refractivity contribution is 9.10. The molecule has 0 aliphatic carbocycles. The highest BCUT2D eigenvalue weighted by Gasteiger charge is 2.33. The van der Waals surface area contributed by atoms with Gasteiger partial charge in [0.25, 0.3) is 11.8 Å². The molecule has 0 saturated carbocycles. The summed E-state index contributed by atoms with van der Waals surface area (Å²) in [5, 5.41) is 3.08. The molecule has 2 aliphatic heterocycles. The number of fused-ring (bicyclic) bond motifs is 1. The summed E-state index contributed by atoms with van der Waals surface area (Å²) in [5.41, 5.74) is 0.0877. The summed E-state index contributed by atoms with van der Waals surface area (Å²) < 4.78 is 71.9. The first-order chi connectivity index (χ1) is 23.3. The van der Waals surface area contributed by atoms with Crippen LogP contribution in [0.3, 0.4) is 0 Å². The summed E-state index contributed by atoms with van der Waals surface area (Å²) in [4.78, 5) is 42.9. The summed E-state index contributed by atoms with van der Waals surface area (Å²) in [6.45, 7) is 0.918. The van der Waals surface area contributed by atoms with E-state index in [4.69, 9.17) is 25.8 Å². The molecule has 10 nitrogen and oxygen atoms in total. The summed E-state index contributed by atoms with van der Waals surface area (Å²) in [7, 11) is 0. The maximum Gasteiger partial charge on any atom is 0.422 e. The number of aromatic nitrogens is 2. The second-order valence-corrected chi connectivity index (χ2v) is 12.7. The van der Waals surface area contributed by atoms with Gasteiger partial charge in [-0.2, -0.15) is 13.2 Å². The normalized spacial score (nSPS) is 15.3. The van der Waals surface area contributed by atoms with Gasteiger partial charge in [-0.1, -0.05) is 17.7 Å². The van der Waals surface area contributed by atoms with Gasteiger partial charge in [0.05, 0.1) is 42.2 Å². The van der Waals surface area contributed by atoms with Crippen molar-refractivity contribution in [2.24, 2.45) is 0 Å². The van der Waals surface area contributed by atoms with Crippen LogP contribution in [-0.4, -0.2) is 64.5 Å². The molecule has 0 bridgehead atoms. The zero-order valence-corrected chi connectivity index (χ0v) is 28.1. The van der Waals surface area contributed by atoms with Crippen molar-refractivity contribution in [1.29, 1.82) is 0 Å². The number of alkyl halides is 3. The van der Waals surface area contributed by atoms with Crippen LogP contribution >= 0.6 is 27.5 Å². The molecule has 0 radical (unpaired) electrons. The molecule has 0 spiro atoms. The van der Waals surface area contributed by atoms with Crippen molar-refractivity contribution < 1.29 is 41.4 Å². The molecule has 49 heavy (non-hydrogen) atoms. The second-order valence-electron chi connectivity index (χ2n) is 11.5. The largest absolute Gasteiger partial charge is 0.485 e. The number of imidazole rings is 1. The van der Waals surface area contributed by atoms with Gasteiger partial charge in [-0.25, -0.2) is 9.18 Å². The summed E-state index contributed by atoms with van der Waals surface area (Å²) >= 11 is 9.52. The second kappa shape index (κ2) is 13.9. The van der Waals surface area contributed by atoms with Gasteiger partial charge in [0, 0.05) is 34.8 Å². The Kier molecular flexibility index (Phi) is 9.78. The highest BCUT2D eigenvalue weighted by Crippen LogP contribution is 2.28. The fraction of sp³-hybridized carbons (Fsp3) is 0.303. The Labute approximate surface area is 290 Å². The van der Waals surface area contributed by atoms with E-state index >= 15 is 4.39 Å². The number of hydrogen-bond acceptors (Lipinski definition) is 6. The molecule has 16 heteroatoms. The van der Waals surface area contributed by atoms with Gasteiger partial charge < -0.3 is 24.4 Å². The van der Waals surface area contributed by atoms with Gasteiger partial charge in [-0.05, 0) is 71.4 Å². The third-order valence-electron chi connectivity index (χ3n) is 8.04. The van der Waals surface area contributed by atoms with Gasteiger partial charge in [0.1, 0.15) is 29.1 Å². The van der Waals surface area contributed by atoms with E-state index in [2.05, 4.69) is 21.2 Å². The number of halogens is 6. The first kappa shape index (κ1) is 34.5. The van der Waals surface area contributed by atoms with Crippen molar-refractivity contribution in [2.45, 2.75) is 38.3 Å². The minimum atomic E-state index is -4.55. The molecule has 1 saturated heterocycles. The van der Waals surface area contributed by atoms with Gasteiger partial charge in [0.15, 0.2) is 6.61 Å². The van der Waals surface area contributed by atoms with Crippen LogP contribution in [0.2, 0.25) is 5.02 Å². The maximum atomic E-state index is 15.2. The number of hydrogen-bond donors (Lipinski definition) is 1. The predicted molar refractivity (Wildman–Crippen MR) is 173 cm³/mol. The molecular weight excluding hydrogens is 740 g/mol. The van der Waals surface area contributed by atoms with Crippen LogP contribution in [0, 0.1) is 5.82 Å². The summed E-state index contributed by atoms with van der Waals surface area (Å²) in [5.74, 6) is -1.55. The minimum absolute atomic E-state index is 0.0436. The van der Waals surface area contributed by atoms with E-state index < -0.39 is 36.2 Å². The van der Waals surface area contributed by atoms with Crippen molar-refractivity contribution in [1.82, 2.24) is 19.4 Å². The number of carbonyl (C=O) groups excluding carboxylic acids is 2. The highest BCUT2D eigenvalue weighted by atomic mass is 79.9.